The highest BCUT2D eigenvalue weighted by Crippen LogP contribution is 2.20. The van der Waals surface area contributed by atoms with Crippen LogP contribution in [0.3, 0.4) is 0 Å². The lowest BCUT2D eigenvalue weighted by atomic mass is 9.92. The molecule has 1 aliphatic heterocycles. The van der Waals surface area contributed by atoms with Gasteiger partial charge < -0.3 is 14.7 Å². The van der Waals surface area contributed by atoms with Gasteiger partial charge in [0.05, 0.1) is 12.2 Å². The molecule has 19 heavy (non-hydrogen) atoms. The fourth-order valence-electron chi connectivity index (χ4n) is 2.83. The number of aliphatic imine (C=N–C) groups is 1. The van der Waals surface area contributed by atoms with E-state index in [0.717, 1.165) is 42.3 Å². The highest BCUT2D eigenvalue weighted by molar-refractivity contribution is 5.79. The third-order valence-electron chi connectivity index (χ3n) is 3.48. The average Bonchev–Trinajstić information content (AvgIpc) is 2.75. The molecule has 2 rings (SSSR count). The molecular formula is C14H24N4O. The Labute approximate surface area is 115 Å². The van der Waals surface area contributed by atoms with Crippen molar-refractivity contribution >= 4 is 5.96 Å². The molecule has 1 aliphatic rings. The number of guanidine groups is 1. The highest BCUT2D eigenvalue weighted by atomic mass is 16.5. The Hall–Kier alpha value is -1.52. The standard InChI is InChI=1S/C14H24N4O/c1-10-5-11(2)9-18(8-10)14(15-4)16-7-13-6-12(3)17-19-13/h6,10-11H,5,7-9H2,1-4H3,(H,15,16). The Kier molecular flexibility index (Phi) is 4.45. The lowest BCUT2D eigenvalue weighted by Crippen LogP contribution is -2.48. The predicted octanol–water partition coefficient (Wildman–Crippen LogP) is 2.04. The molecule has 0 radical (unpaired) electrons. The fourth-order valence-corrected chi connectivity index (χ4v) is 2.83. The summed E-state index contributed by atoms with van der Waals surface area (Å²) in [6, 6.07) is 1.95. The first-order valence-electron chi connectivity index (χ1n) is 6.96. The molecule has 2 unspecified atom stereocenters. The molecular weight excluding hydrogens is 240 g/mol. The van der Waals surface area contributed by atoms with Gasteiger partial charge in [-0.25, -0.2) is 0 Å². The van der Waals surface area contributed by atoms with Crippen molar-refractivity contribution in [3.8, 4) is 0 Å². The Morgan fingerprint density at radius 3 is 2.68 bits per heavy atom. The van der Waals surface area contributed by atoms with Crippen LogP contribution < -0.4 is 5.32 Å². The molecule has 5 heteroatoms. The number of likely N-dealkylation sites (tertiary alicyclic amines) is 1. The first-order chi connectivity index (χ1) is 9.08. The lowest BCUT2D eigenvalue weighted by Gasteiger charge is -2.36. The maximum absolute atomic E-state index is 5.20. The second kappa shape index (κ2) is 6.08. The smallest absolute Gasteiger partial charge is 0.194 e. The van der Waals surface area contributed by atoms with E-state index in [9.17, 15) is 0 Å². The monoisotopic (exact) mass is 264 g/mol. The Bertz CT molecular complexity index is 430. The van der Waals surface area contributed by atoms with E-state index in [1.807, 2.05) is 20.0 Å². The van der Waals surface area contributed by atoms with Gasteiger partial charge in [-0.15, -0.1) is 0 Å². The average molecular weight is 264 g/mol. The van der Waals surface area contributed by atoms with Crippen molar-refractivity contribution < 1.29 is 4.52 Å². The number of aromatic nitrogens is 1. The molecule has 1 fully saturated rings. The minimum Gasteiger partial charge on any atom is -0.359 e. The minimum atomic E-state index is 0.632. The molecule has 1 saturated heterocycles. The Morgan fingerprint density at radius 1 is 1.47 bits per heavy atom. The lowest BCUT2D eigenvalue weighted by molar-refractivity contribution is 0.208. The van der Waals surface area contributed by atoms with Gasteiger partial charge in [0.1, 0.15) is 0 Å². The summed E-state index contributed by atoms with van der Waals surface area (Å²) < 4.78 is 5.20. The molecule has 0 aliphatic carbocycles. The van der Waals surface area contributed by atoms with Gasteiger partial charge in [-0.3, -0.25) is 4.99 Å². The molecule has 1 aromatic heterocycles. The largest absolute Gasteiger partial charge is 0.359 e. The van der Waals surface area contributed by atoms with Gasteiger partial charge in [-0.2, -0.15) is 0 Å². The highest BCUT2D eigenvalue weighted by Gasteiger charge is 2.24. The second-order valence-corrected chi connectivity index (χ2v) is 5.69. The molecule has 2 atom stereocenters. The number of aryl methyl sites for hydroxylation is 1. The summed E-state index contributed by atoms with van der Waals surface area (Å²) in [5.41, 5.74) is 0.909. The Balaban J connectivity index is 1.93. The SMILES string of the molecule is CN=C(NCc1cc(C)no1)N1CC(C)CC(C)C1. The van der Waals surface area contributed by atoms with E-state index in [0.29, 0.717) is 6.54 Å². The molecule has 2 heterocycles. The third-order valence-corrected chi connectivity index (χ3v) is 3.48. The number of hydrogen-bond acceptors (Lipinski definition) is 3. The van der Waals surface area contributed by atoms with Crippen LogP contribution in [0, 0.1) is 18.8 Å². The zero-order valence-corrected chi connectivity index (χ0v) is 12.3. The summed E-state index contributed by atoms with van der Waals surface area (Å²) in [6.07, 6.45) is 1.30. The summed E-state index contributed by atoms with van der Waals surface area (Å²) in [6.45, 7) is 9.30. The third kappa shape index (κ3) is 3.72. The summed E-state index contributed by atoms with van der Waals surface area (Å²) in [5, 5.41) is 7.24. The van der Waals surface area contributed by atoms with Gasteiger partial charge in [0.25, 0.3) is 0 Å². The van der Waals surface area contributed by atoms with E-state index in [2.05, 4.69) is 34.2 Å². The van der Waals surface area contributed by atoms with Gasteiger partial charge in [-0.1, -0.05) is 19.0 Å². The van der Waals surface area contributed by atoms with E-state index < -0.39 is 0 Å². The van der Waals surface area contributed by atoms with Crippen LogP contribution in [-0.2, 0) is 6.54 Å². The van der Waals surface area contributed by atoms with E-state index in [4.69, 9.17) is 4.52 Å². The van der Waals surface area contributed by atoms with Crippen LogP contribution in [0.15, 0.2) is 15.6 Å². The van der Waals surface area contributed by atoms with Crippen LogP contribution in [0.5, 0.6) is 0 Å². The first-order valence-corrected chi connectivity index (χ1v) is 6.96. The van der Waals surface area contributed by atoms with Crippen LogP contribution in [-0.4, -0.2) is 36.2 Å². The van der Waals surface area contributed by atoms with E-state index >= 15 is 0 Å². The summed E-state index contributed by atoms with van der Waals surface area (Å²) in [7, 11) is 1.83. The van der Waals surface area contributed by atoms with Crippen molar-refractivity contribution in [2.45, 2.75) is 33.7 Å². The number of nitrogens with zero attached hydrogens (tertiary/aromatic N) is 3. The van der Waals surface area contributed by atoms with E-state index in [-0.39, 0.29) is 0 Å². The second-order valence-electron chi connectivity index (χ2n) is 5.69. The predicted molar refractivity (Wildman–Crippen MR) is 76.0 cm³/mol. The van der Waals surface area contributed by atoms with Crippen molar-refractivity contribution in [2.24, 2.45) is 16.8 Å². The minimum absolute atomic E-state index is 0.632. The van der Waals surface area contributed by atoms with E-state index in [1.54, 1.807) is 0 Å². The van der Waals surface area contributed by atoms with Crippen LogP contribution >= 0.6 is 0 Å². The number of piperidine rings is 1. The van der Waals surface area contributed by atoms with Gasteiger partial charge in [-0.05, 0) is 25.2 Å². The molecule has 0 amide bonds. The van der Waals surface area contributed by atoms with Crippen LogP contribution in [0.25, 0.3) is 0 Å². The maximum Gasteiger partial charge on any atom is 0.194 e. The van der Waals surface area contributed by atoms with Crippen molar-refractivity contribution in [1.29, 1.82) is 0 Å². The molecule has 0 bridgehead atoms. The molecule has 1 N–H and O–H groups in total. The fraction of sp³-hybridized carbons (Fsp3) is 0.714. The van der Waals surface area contributed by atoms with Gasteiger partial charge in [0.2, 0.25) is 0 Å². The zero-order valence-electron chi connectivity index (χ0n) is 12.3. The first kappa shape index (κ1) is 13.9. The van der Waals surface area contributed by atoms with Crippen molar-refractivity contribution in [2.75, 3.05) is 20.1 Å². The molecule has 0 spiro atoms. The van der Waals surface area contributed by atoms with Crippen molar-refractivity contribution in [3.05, 3.63) is 17.5 Å². The number of nitrogens with one attached hydrogen (secondary N) is 1. The van der Waals surface area contributed by atoms with Crippen molar-refractivity contribution in [1.82, 2.24) is 15.4 Å². The van der Waals surface area contributed by atoms with Crippen LogP contribution in [0.4, 0.5) is 0 Å². The van der Waals surface area contributed by atoms with Crippen LogP contribution in [0.1, 0.15) is 31.7 Å². The normalized spacial score (nSPS) is 24.6. The van der Waals surface area contributed by atoms with Crippen LogP contribution in [0.2, 0.25) is 0 Å². The van der Waals surface area contributed by atoms with Crippen molar-refractivity contribution in [3.63, 3.8) is 0 Å². The topological polar surface area (TPSA) is 53.7 Å². The van der Waals surface area contributed by atoms with Gasteiger partial charge >= 0.3 is 0 Å². The van der Waals surface area contributed by atoms with Gasteiger partial charge in [0.15, 0.2) is 11.7 Å². The molecule has 0 aromatic carbocycles. The summed E-state index contributed by atoms with van der Waals surface area (Å²) in [4.78, 5) is 6.71. The number of hydrogen-bond donors (Lipinski definition) is 1. The molecule has 5 nitrogen and oxygen atoms in total. The molecule has 106 valence electrons. The zero-order chi connectivity index (χ0) is 13.8. The quantitative estimate of drug-likeness (QED) is 0.656. The molecule has 1 aromatic rings. The summed E-state index contributed by atoms with van der Waals surface area (Å²) >= 11 is 0. The summed E-state index contributed by atoms with van der Waals surface area (Å²) in [5.74, 6) is 3.23. The van der Waals surface area contributed by atoms with Gasteiger partial charge in [0, 0.05) is 26.2 Å². The van der Waals surface area contributed by atoms with E-state index in [1.165, 1.54) is 6.42 Å². The maximum atomic E-state index is 5.20. The Morgan fingerprint density at radius 2 is 2.16 bits per heavy atom. The molecule has 0 saturated carbocycles. The number of rotatable bonds is 2.